The lowest BCUT2D eigenvalue weighted by atomic mass is 9.86. The summed E-state index contributed by atoms with van der Waals surface area (Å²) in [5, 5.41) is 3.46. The molecule has 0 unspecified atom stereocenters. The molecule has 2 fully saturated rings. The number of nitrogens with one attached hydrogen (secondary N) is 1. The monoisotopic (exact) mass is 269 g/mol. The average Bonchev–Trinajstić information content (AvgIpc) is 3.00. The van der Waals surface area contributed by atoms with Crippen molar-refractivity contribution in [1.82, 2.24) is 10.2 Å². The van der Waals surface area contributed by atoms with Crippen LogP contribution in [0.4, 0.5) is 0 Å². The number of aliphatic imine (C=N–C) groups is 1. The molecule has 1 aliphatic carbocycles. The number of likely N-dealkylation sites (tertiary alicyclic amines) is 1. The van der Waals surface area contributed by atoms with Crippen LogP contribution in [0, 0.1) is 5.41 Å². The molecule has 2 aliphatic rings. The highest BCUT2D eigenvalue weighted by Gasteiger charge is 2.40. The van der Waals surface area contributed by atoms with Gasteiger partial charge in [-0.25, -0.2) is 0 Å². The molecule has 104 valence electrons. The molecule has 0 bridgehead atoms. The first kappa shape index (κ1) is 14.0. The normalized spacial score (nSPS) is 23.0. The van der Waals surface area contributed by atoms with Gasteiger partial charge in [-0.2, -0.15) is 11.8 Å². The molecule has 1 saturated carbocycles. The summed E-state index contributed by atoms with van der Waals surface area (Å²) in [5.74, 6) is 2.27. The molecule has 0 amide bonds. The fraction of sp³-hybridized carbons (Fsp3) is 0.929. The Labute approximate surface area is 116 Å². The maximum atomic E-state index is 4.75. The zero-order chi connectivity index (χ0) is 12.8. The molecule has 1 saturated heterocycles. The van der Waals surface area contributed by atoms with E-state index >= 15 is 0 Å². The first-order valence-electron chi connectivity index (χ1n) is 7.32. The summed E-state index contributed by atoms with van der Waals surface area (Å²) in [6.45, 7) is 6.50. The van der Waals surface area contributed by atoms with E-state index in [1.807, 2.05) is 11.8 Å². The second-order valence-electron chi connectivity index (χ2n) is 5.61. The van der Waals surface area contributed by atoms with Crippen LogP contribution in [-0.2, 0) is 0 Å². The molecule has 18 heavy (non-hydrogen) atoms. The van der Waals surface area contributed by atoms with Crippen molar-refractivity contribution >= 4 is 17.7 Å². The zero-order valence-corrected chi connectivity index (χ0v) is 12.7. The van der Waals surface area contributed by atoms with E-state index in [1.54, 1.807) is 0 Å². The quantitative estimate of drug-likeness (QED) is 0.483. The van der Waals surface area contributed by atoms with E-state index < -0.39 is 0 Å². The minimum Gasteiger partial charge on any atom is -0.357 e. The summed E-state index contributed by atoms with van der Waals surface area (Å²) in [4.78, 5) is 7.25. The number of hydrogen-bond donors (Lipinski definition) is 1. The van der Waals surface area contributed by atoms with Crippen molar-refractivity contribution in [3.8, 4) is 0 Å². The standard InChI is InChI=1S/C14H27N3S/c1-3-15-13(16-9-11-18-2)17-10-8-14(12-17)6-4-5-7-14/h3-12H2,1-2H3,(H,15,16). The van der Waals surface area contributed by atoms with Crippen LogP contribution in [0.3, 0.4) is 0 Å². The molecule has 1 spiro atoms. The van der Waals surface area contributed by atoms with Gasteiger partial charge >= 0.3 is 0 Å². The van der Waals surface area contributed by atoms with E-state index in [1.165, 1.54) is 45.2 Å². The summed E-state index contributed by atoms with van der Waals surface area (Å²) in [6.07, 6.45) is 9.27. The molecule has 0 aromatic rings. The lowest BCUT2D eigenvalue weighted by Gasteiger charge is -2.25. The van der Waals surface area contributed by atoms with Crippen molar-refractivity contribution in [2.24, 2.45) is 10.4 Å². The summed E-state index contributed by atoms with van der Waals surface area (Å²) >= 11 is 1.87. The first-order chi connectivity index (χ1) is 8.79. The van der Waals surface area contributed by atoms with Gasteiger partial charge in [-0.3, -0.25) is 4.99 Å². The number of hydrogen-bond acceptors (Lipinski definition) is 2. The van der Waals surface area contributed by atoms with Gasteiger partial charge in [-0.05, 0) is 37.9 Å². The third kappa shape index (κ3) is 3.34. The zero-order valence-electron chi connectivity index (χ0n) is 11.9. The maximum absolute atomic E-state index is 4.75. The fourth-order valence-corrected chi connectivity index (χ4v) is 3.59. The van der Waals surface area contributed by atoms with Gasteiger partial charge in [-0.1, -0.05) is 12.8 Å². The van der Waals surface area contributed by atoms with E-state index in [9.17, 15) is 0 Å². The Kier molecular flexibility index (Phi) is 5.22. The van der Waals surface area contributed by atoms with Crippen molar-refractivity contribution in [3.63, 3.8) is 0 Å². The van der Waals surface area contributed by atoms with Crippen LogP contribution in [0.15, 0.2) is 4.99 Å². The van der Waals surface area contributed by atoms with Crippen molar-refractivity contribution in [1.29, 1.82) is 0 Å². The van der Waals surface area contributed by atoms with E-state index in [0.29, 0.717) is 5.41 Å². The molecule has 1 aliphatic heterocycles. The smallest absolute Gasteiger partial charge is 0.193 e. The molecular formula is C14H27N3S. The first-order valence-corrected chi connectivity index (χ1v) is 8.71. The lowest BCUT2D eigenvalue weighted by Crippen LogP contribution is -2.41. The second-order valence-corrected chi connectivity index (χ2v) is 6.59. The number of thioether (sulfide) groups is 1. The van der Waals surface area contributed by atoms with Crippen LogP contribution >= 0.6 is 11.8 Å². The molecular weight excluding hydrogens is 242 g/mol. The van der Waals surface area contributed by atoms with E-state index in [4.69, 9.17) is 4.99 Å². The largest absolute Gasteiger partial charge is 0.357 e. The van der Waals surface area contributed by atoms with E-state index in [0.717, 1.165) is 24.8 Å². The van der Waals surface area contributed by atoms with Gasteiger partial charge in [0.15, 0.2) is 5.96 Å². The van der Waals surface area contributed by atoms with Gasteiger partial charge in [-0.15, -0.1) is 0 Å². The van der Waals surface area contributed by atoms with Gasteiger partial charge in [0.25, 0.3) is 0 Å². The van der Waals surface area contributed by atoms with Gasteiger partial charge < -0.3 is 10.2 Å². The fourth-order valence-electron chi connectivity index (χ4n) is 3.32. The number of nitrogens with zero attached hydrogens (tertiary/aromatic N) is 2. The van der Waals surface area contributed by atoms with Crippen molar-refractivity contribution in [2.45, 2.75) is 39.0 Å². The molecule has 0 atom stereocenters. The Hall–Kier alpha value is -0.380. The molecule has 2 rings (SSSR count). The predicted molar refractivity (Wildman–Crippen MR) is 81.5 cm³/mol. The van der Waals surface area contributed by atoms with Crippen molar-refractivity contribution in [3.05, 3.63) is 0 Å². The predicted octanol–water partition coefficient (Wildman–Crippen LogP) is 2.58. The molecule has 0 radical (unpaired) electrons. The Morgan fingerprint density at radius 1 is 1.33 bits per heavy atom. The van der Waals surface area contributed by atoms with Gasteiger partial charge in [0.05, 0.1) is 6.54 Å². The Morgan fingerprint density at radius 2 is 2.11 bits per heavy atom. The lowest BCUT2D eigenvalue weighted by molar-refractivity contribution is 0.309. The third-order valence-corrected chi connectivity index (χ3v) is 4.88. The van der Waals surface area contributed by atoms with E-state index in [-0.39, 0.29) is 0 Å². The molecule has 0 aromatic carbocycles. The van der Waals surface area contributed by atoms with Crippen LogP contribution in [0.25, 0.3) is 0 Å². The van der Waals surface area contributed by atoms with Gasteiger partial charge in [0.2, 0.25) is 0 Å². The molecule has 3 nitrogen and oxygen atoms in total. The van der Waals surface area contributed by atoms with Crippen molar-refractivity contribution < 1.29 is 0 Å². The average molecular weight is 269 g/mol. The van der Waals surface area contributed by atoms with Crippen LogP contribution in [0.5, 0.6) is 0 Å². The number of guanidine groups is 1. The Morgan fingerprint density at radius 3 is 2.78 bits per heavy atom. The Bertz CT molecular complexity index is 285. The second kappa shape index (κ2) is 6.69. The highest BCUT2D eigenvalue weighted by atomic mass is 32.2. The van der Waals surface area contributed by atoms with Crippen LogP contribution in [-0.4, -0.2) is 49.0 Å². The van der Waals surface area contributed by atoms with Gasteiger partial charge in [0, 0.05) is 25.4 Å². The van der Waals surface area contributed by atoms with E-state index in [2.05, 4.69) is 23.4 Å². The number of rotatable bonds is 4. The molecule has 4 heteroatoms. The Balaban J connectivity index is 1.92. The summed E-state index contributed by atoms with van der Waals surface area (Å²) in [7, 11) is 0. The van der Waals surface area contributed by atoms with Crippen LogP contribution in [0.1, 0.15) is 39.0 Å². The SMILES string of the molecule is CCNC(=NCCSC)N1CCC2(CCCC2)C1. The molecule has 1 N–H and O–H groups in total. The maximum Gasteiger partial charge on any atom is 0.193 e. The molecule has 1 heterocycles. The topological polar surface area (TPSA) is 27.6 Å². The van der Waals surface area contributed by atoms with Crippen LogP contribution in [0.2, 0.25) is 0 Å². The minimum atomic E-state index is 0.635. The highest BCUT2D eigenvalue weighted by Crippen LogP contribution is 2.45. The third-order valence-electron chi connectivity index (χ3n) is 4.29. The highest BCUT2D eigenvalue weighted by molar-refractivity contribution is 7.98. The molecule has 0 aromatic heterocycles. The minimum absolute atomic E-state index is 0.635. The van der Waals surface area contributed by atoms with Crippen molar-refractivity contribution in [2.75, 3.05) is 38.2 Å². The summed E-state index contributed by atoms with van der Waals surface area (Å²) < 4.78 is 0. The summed E-state index contributed by atoms with van der Waals surface area (Å²) in [6, 6.07) is 0. The van der Waals surface area contributed by atoms with Crippen LogP contribution < -0.4 is 5.32 Å². The summed E-state index contributed by atoms with van der Waals surface area (Å²) in [5.41, 5.74) is 0.635. The van der Waals surface area contributed by atoms with Gasteiger partial charge in [0.1, 0.15) is 0 Å².